The van der Waals surface area contributed by atoms with Gasteiger partial charge >= 0.3 is 0 Å². The summed E-state index contributed by atoms with van der Waals surface area (Å²) in [5.74, 6) is 1.69. The topological polar surface area (TPSA) is 52.1 Å². The highest BCUT2D eigenvalue weighted by Gasteiger charge is 2.28. The number of guanidine groups is 1. The Morgan fingerprint density at radius 1 is 1.12 bits per heavy atom. The van der Waals surface area contributed by atoms with Crippen molar-refractivity contribution >= 4 is 5.96 Å². The van der Waals surface area contributed by atoms with Gasteiger partial charge in [-0.25, -0.2) is 0 Å². The molecule has 2 heterocycles. The van der Waals surface area contributed by atoms with Crippen LogP contribution in [0.1, 0.15) is 40.0 Å². The average Bonchev–Trinajstić information content (AvgIpc) is 2.64. The third-order valence-electron chi connectivity index (χ3n) is 5.58. The molecule has 2 fully saturated rings. The lowest BCUT2D eigenvalue weighted by Crippen LogP contribution is -2.56. The van der Waals surface area contributed by atoms with Crippen LogP contribution in [0.3, 0.4) is 0 Å². The first kappa shape index (κ1) is 20.5. The average molecular weight is 354 g/mol. The lowest BCUT2D eigenvalue weighted by Gasteiger charge is -2.41. The Kier molecular flexibility index (Phi) is 8.46. The van der Waals surface area contributed by atoms with Crippen LogP contribution in [-0.4, -0.2) is 87.4 Å². The molecule has 6 nitrogen and oxygen atoms in total. The van der Waals surface area contributed by atoms with Gasteiger partial charge in [-0.15, -0.1) is 0 Å². The van der Waals surface area contributed by atoms with Crippen LogP contribution >= 0.6 is 0 Å². The van der Waals surface area contributed by atoms with Crippen LogP contribution in [0.2, 0.25) is 0 Å². The van der Waals surface area contributed by atoms with Gasteiger partial charge in [0.1, 0.15) is 0 Å². The molecule has 2 rings (SSSR count). The maximum absolute atomic E-state index is 5.47. The zero-order valence-electron chi connectivity index (χ0n) is 16.8. The molecular weight excluding hydrogens is 314 g/mol. The van der Waals surface area contributed by atoms with E-state index in [0.717, 1.165) is 51.3 Å². The van der Waals surface area contributed by atoms with E-state index >= 15 is 0 Å². The summed E-state index contributed by atoms with van der Waals surface area (Å²) in [5.41, 5.74) is 0.104. The zero-order chi connectivity index (χ0) is 18.1. The fourth-order valence-corrected chi connectivity index (χ4v) is 3.77. The van der Waals surface area contributed by atoms with Gasteiger partial charge in [0.25, 0.3) is 0 Å². The van der Waals surface area contributed by atoms with Gasteiger partial charge in [0.2, 0.25) is 0 Å². The van der Waals surface area contributed by atoms with Crippen molar-refractivity contribution in [1.29, 1.82) is 0 Å². The number of aliphatic imine (C=N–C) groups is 1. The quantitative estimate of drug-likeness (QED) is 0.535. The first-order valence-electron chi connectivity index (χ1n) is 10.0. The van der Waals surface area contributed by atoms with Crippen molar-refractivity contribution in [2.75, 3.05) is 66.1 Å². The second-order valence-electron chi connectivity index (χ2n) is 8.00. The van der Waals surface area contributed by atoms with Crippen molar-refractivity contribution in [3.63, 3.8) is 0 Å². The van der Waals surface area contributed by atoms with Crippen LogP contribution in [0.5, 0.6) is 0 Å². The number of hydrogen-bond acceptors (Lipinski definition) is 4. The van der Waals surface area contributed by atoms with E-state index in [1.54, 1.807) is 0 Å². The maximum atomic E-state index is 5.47. The smallest absolute Gasteiger partial charge is 0.191 e. The predicted molar refractivity (Wildman–Crippen MR) is 105 cm³/mol. The fourth-order valence-electron chi connectivity index (χ4n) is 3.77. The Morgan fingerprint density at radius 2 is 1.80 bits per heavy atom. The molecule has 0 aromatic heterocycles. The van der Waals surface area contributed by atoms with Gasteiger partial charge in [0, 0.05) is 38.8 Å². The summed E-state index contributed by atoms with van der Waals surface area (Å²) in [7, 11) is 1.86. The van der Waals surface area contributed by atoms with Crippen molar-refractivity contribution in [3.8, 4) is 0 Å². The van der Waals surface area contributed by atoms with E-state index in [0.29, 0.717) is 0 Å². The van der Waals surface area contributed by atoms with Gasteiger partial charge in [0.15, 0.2) is 5.96 Å². The molecule has 0 aromatic rings. The molecule has 0 aromatic carbocycles. The summed E-state index contributed by atoms with van der Waals surface area (Å²) >= 11 is 0. The summed E-state index contributed by atoms with van der Waals surface area (Å²) in [4.78, 5) is 9.50. The fraction of sp³-hybridized carbons (Fsp3) is 0.947. The molecule has 0 bridgehead atoms. The van der Waals surface area contributed by atoms with Crippen LogP contribution in [0.15, 0.2) is 4.99 Å². The molecular formula is C19H39N5O. The lowest BCUT2D eigenvalue weighted by molar-refractivity contribution is -0.00834. The Morgan fingerprint density at radius 3 is 2.40 bits per heavy atom. The van der Waals surface area contributed by atoms with Crippen LogP contribution < -0.4 is 10.6 Å². The van der Waals surface area contributed by atoms with E-state index in [4.69, 9.17) is 4.74 Å². The van der Waals surface area contributed by atoms with Gasteiger partial charge in [-0.3, -0.25) is 9.89 Å². The van der Waals surface area contributed by atoms with E-state index < -0.39 is 0 Å². The summed E-state index contributed by atoms with van der Waals surface area (Å²) in [6, 6.07) is 0. The normalized spacial score (nSPS) is 22.2. The number of rotatable bonds is 7. The molecule has 2 N–H and O–H groups in total. The molecule has 25 heavy (non-hydrogen) atoms. The molecule has 2 saturated heterocycles. The summed E-state index contributed by atoms with van der Waals surface area (Å²) in [6.45, 7) is 16.2. The van der Waals surface area contributed by atoms with Crippen molar-refractivity contribution in [1.82, 2.24) is 20.4 Å². The minimum absolute atomic E-state index is 0.104. The Bertz CT molecular complexity index is 399. The lowest BCUT2D eigenvalue weighted by atomic mass is 9.97. The number of morpholine rings is 1. The van der Waals surface area contributed by atoms with Gasteiger partial charge in [-0.05, 0) is 58.7 Å². The minimum Gasteiger partial charge on any atom is -0.379 e. The summed E-state index contributed by atoms with van der Waals surface area (Å²) < 4.78 is 5.47. The molecule has 6 heteroatoms. The van der Waals surface area contributed by atoms with E-state index in [-0.39, 0.29) is 5.54 Å². The molecule has 0 radical (unpaired) electrons. The minimum atomic E-state index is 0.104. The van der Waals surface area contributed by atoms with Crippen molar-refractivity contribution < 1.29 is 4.74 Å². The first-order valence-corrected chi connectivity index (χ1v) is 10.0. The highest BCUT2D eigenvalue weighted by molar-refractivity contribution is 5.79. The van der Waals surface area contributed by atoms with Gasteiger partial charge in [-0.2, -0.15) is 0 Å². The first-order chi connectivity index (χ1) is 12.0. The molecule has 0 spiro atoms. The van der Waals surface area contributed by atoms with Crippen LogP contribution in [-0.2, 0) is 4.74 Å². The highest BCUT2D eigenvalue weighted by atomic mass is 16.5. The second-order valence-corrected chi connectivity index (χ2v) is 8.00. The molecule has 0 atom stereocenters. The SMILES string of the molecule is CCCN1CCC(CNC(=NC)NCC(C)(C)N2CCOCC2)CC1. The number of ether oxygens (including phenoxy) is 1. The zero-order valence-corrected chi connectivity index (χ0v) is 16.8. The molecule has 0 aliphatic carbocycles. The predicted octanol–water partition coefficient (Wildman–Crippen LogP) is 1.38. The van der Waals surface area contributed by atoms with Gasteiger partial charge in [-0.1, -0.05) is 6.92 Å². The maximum Gasteiger partial charge on any atom is 0.191 e. The standard InChI is InChI=1S/C19H39N5O/c1-5-8-23-9-6-17(7-10-23)15-21-18(20-4)22-16-19(2,3)24-11-13-25-14-12-24/h17H,5-16H2,1-4H3,(H2,20,21,22). The van der Waals surface area contributed by atoms with Gasteiger partial charge < -0.3 is 20.3 Å². The van der Waals surface area contributed by atoms with Crippen LogP contribution in [0.25, 0.3) is 0 Å². The molecule has 0 unspecified atom stereocenters. The van der Waals surface area contributed by atoms with E-state index in [1.165, 1.54) is 38.9 Å². The molecule has 0 saturated carbocycles. The number of nitrogens with zero attached hydrogens (tertiary/aromatic N) is 3. The van der Waals surface area contributed by atoms with Gasteiger partial charge in [0.05, 0.1) is 13.2 Å². The number of likely N-dealkylation sites (tertiary alicyclic amines) is 1. The molecule has 2 aliphatic heterocycles. The van der Waals surface area contributed by atoms with E-state index in [1.807, 2.05) is 7.05 Å². The summed E-state index contributed by atoms with van der Waals surface area (Å²) in [5, 5.41) is 7.06. The molecule has 0 amide bonds. The number of hydrogen-bond donors (Lipinski definition) is 2. The third kappa shape index (κ3) is 6.76. The van der Waals surface area contributed by atoms with E-state index in [2.05, 4.69) is 46.2 Å². The van der Waals surface area contributed by atoms with Crippen molar-refractivity contribution in [3.05, 3.63) is 0 Å². The van der Waals surface area contributed by atoms with Crippen molar-refractivity contribution in [2.45, 2.75) is 45.6 Å². The number of nitrogens with one attached hydrogen (secondary N) is 2. The Hall–Kier alpha value is -0.850. The van der Waals surface area contributed by atoms with Crippen LogP contribution in [0.4, 0.5) is 0 Å². The summed E-state index contributed by atoms with van der Waals surface area (Å²) in [6.07, 6.45) is 3.85. The molecule has 2 aliphatic rings. The molecule has 146 valence electrons. The Balaban J connectivity index is 1.68. The Labute approximate surface area is 154 Å². The van der Waals surface area contributed by atoms with Crippen molar-refractivity contribution in [2.24, 2.45) is 10.9 Å². The van der Waals surface area contributed by atoms with Crippen LogP contribution in [0, 0.1) is 5.92 Å². The monoisotopic (exact) mass is 353 g/mol. The second kappa shape index (κ2) is 10.3. The van der Waals surface area contributed by atoms with E-state index in [9.17, 15) is 0 Å². The highest BCUT2D eigenvalue weighted by Crippen LogP contribution is 2.17. The largest absolute Gasteiger partial charge is 0.379 e. The number of piperidine rings is 1. The third-order valence-corrected chi connectivity index (χ3v) is 5.58.